The van der Waals surface area contributed by atoms with Crippen molar-refractivity contribution in [3.63, 3.8) is 0 Å². The first kappa shape index (κ1) is 20.6. The predicted molar refractivity (Wildman–Crippen MR) is 104 cm³/mol. The van der Waals surface area contributed by atoms with E-state index in [-0.39, 0.29) is 11.8 Å². The summed E-state index contributed by atoms with van der Waals surface area (Å²) in [6, 6.07) is 8.26. The van der Waals surface area contributed by atoms with Gasteiger partial charge in [0.15, 0.2) is 0 Å². The van der Waals surface area contributed by atoms with Crippen molar-refractivity contribution in [2.24, 2.45) is 5.10 Å². The number of benzene rings is 1. The highest BCUT2D eigenvalue weighted by Gasteiger charge is 2.20. The summed E-state index contributed by atoms with van der Waals surface area (Å²) in [6.07, 6.45) is -1.47. The van der Waals surface area contributed by atoms with Gasteiger partial charge in [0.25, 0.3) is 6.43 Å². The molecule has 0 bridgehead atoms. The summed E-state index contributed by atoms with van der Waals surface area (Å²) in [4.78, 5) is 0. The fourth-order valence-electron chi connectivity index (χ4n) is 2.12. The van der Waals surface area contributed by atoms with Crippen LogP contribution >= 0.6 is 35.0 Å². The Bertz CT molecular complexity index is 978. The molecule has 3 rings (SSSR count). The molecule has 0 atom stereocenters. The standard InChI is InChI=1S/C17H14Cl2F2N4O2S/c1-2-28-17-24-23-16(15(20)21)25(17)22-8-11-3-4-12(27-11)9-26-10-5-6-13(18)14(19)7-10/h3-8,15H,2,9H2,1H3/b22-8+. The molecule has 28 heavy (non-hydrogen) atoms. The third kappa shape index (κ3) is 5.03. The Hall–Kier alpha value is -2.10. The molecule has 6 nitrogen and oxygen atoms in total. The average molecular weight is 447 g/mol. The Morgan fingerprint density at radius 3 is 2.79 bits per heavy atom. The van der Waals surface area contributed by atoms with Crippen molar-refractivity contribution in [2.75, 3.05) is 5.75 Å². The second kappa shape index (κ2) is 9.40. The average Bonchev–Trinajstić information content (AvgIpc) is 3.28. The largest absolute Gasteiger partial charge is 0.486 e. The Kier molecular flexibility index (Phi) is 6.93. The lowest BCUT2D eigenvalue weighted by atomic mass is 10.3. The summed E-state index contributed by atoms with van der Waals surface area (Å²) in [6.45, 7) is 2.03. The summed E-state index contributed by atoms with van der Waals surface area (Å²) in [5, 5.41) is 12.3. The fraction of sp³-hybridized carbons (Fsp3) is 0.235. The SMILES string of the molecule is CCSc1nnc(C(F)F)n1/N=C/c1ccc(COc2ccc(Cl)c(Cl)c2)o1. The first-order valence-electron chi connectivity index (χ1n) is 8.05. The minimum atomic E-state index is -2.79. The molecule has 0 radical (unpaired) electrons. The summed E-state index contributed by atoms with van der Waals surface area (Å²) >= 11 is 13.1. The Morgan fingerprint density at radius 2 is 2.07 bits per heavy atom. The summed E-state index contributed by atoms with van der Waals surface area (Å²) in [7, 11) is 0. The Morgan fingerprint density at radius 1 is 1.25 bits per heavy atom. The van der Waals surface area contributed by atoms with E-state index in [1.165, 1.54) is 18.0 Å². The number of ether oxygens (including phenoxy) is 1. The zero-order valence-electron chi connectivity index (χ0n) is 14.5. The van der Waals surface area contributed by atoms with Gasteiger partial charge in [-0.25, -0.2) is 8.78 Å². The molecule has 3 aromatic rings. The van der Waals surface area contributed by atoms with Gasteiger partial charge >= 0.3 is 0 Å². The molecule has 2 heterocycles. The molecule has 0 saturated heterocycles. The van der Waals surface area contributed by atoms with Crippen molar-refractivity contribution in [1.29, 1.82) is 0 Å². The first-order valence-corrected chi connectivity index (χ1v) is 9.79. The minimum absolute atomic E-state index is 0.150. The second-order valence-electron chi connectivity index (χ2n) is 5.30. The van der Waals surface area contributed by atoms with Crippen LogP contribution in [0.2, 0.25) is 10.0 Å². The van der Waals surface area contributed by atoms with E-state index < -0.39 is 12.2 Å². The van der Waals surface area contributed by atoms with Gasteiger partial charge in [-0.1, -0.05) is 41.9 Å². The second-order valence-corrected chi connectivity index (χ2v) is 7.35. The number of halogens is 4. The van der Waals surface area contributed by atoms with Crippen molar-refractivity contribution in [3.8, 4) is 5.75 Å². The van der Waals surface area contributed by atoms with E-state index in [0.717, 1.165) is 4.68 Å². The summed E-state index contributed by atoms with van der Waals surface area (Å²) in [5.41, 5.74) is 0. The molecule has 0 N–H and O–H groups in total. The van der Waals surface area contributed by atoms with Crippen molar-refractivity contribution in [2.45, 2.75) is 25.1 Å². The Balaban J connectivity index is 1.69. The van der Waals surface area contributed by atoms with E-state index in [4.69, 9.17) is 32.4 Å². The molecule has 0 aliphatic rings. The lowest BCUT2D eigenvalue weighted by Crippen LogP contribution is -2.00. The lowest BCUT2D eigenvalue weighted by molar-refractivity contribution is 0.135. The molecular weight excluding hydrogens is 433 g/mol. The van der Waals surface area contributed by atoms with Crippen molar-refractivity contribution in [1.82, 2.24) is 14.9 Å². The number of furan rings is 1. The molecule has 0 aliphatic carbocycles. The highest BCUT2D eigenvalue weighted by molar-refractivity contribution is 7.99. The number of hydrogen-bond acceptors (Lipinski definition) is 6. The third-order valence-corrected chi connectivity index (χ3v) is 4.90. The van der Waals surface area contributed by atoms with Crippen molar-refractivity contribution >= 4 is 41.2 Å². The number of hydrogen-bond donors (Lipinski definition) is 0. The fourth-order valence-corrected chi connectivity index (χ4v) is 3.03. The number of thioether (sulfide) groups is 1. The van der Waals surface area contributed by atoms with Crippen LogP contribution in [0.5, 0.6) is 5.75 Å². The normalized spacial score (nSPS) is 11.6. The van der Waals surface area contributed by atoms with Gasteiger partial charge in [-0.3, -0.25) is 0 Å². The molecule has 148 valence electrons. The molecule has 0 amide bonds. The number of nitrogens with zero attached hydrogens (tertiary/aromatic N) is 4. The maximum absolute atomic E-state index is 13.1. The molecule has 0 aliphatic heterocycles. The van der Waals surface area contributed by atoms with E-state index in [9.17, 15) is 8.78 Å². The molecule has 1 aromatic carbocycles. The first-order chi connectivity index (χ1) is 13.5. The van der Waals surface area contributed by atoms with Gasteiger partial charge in [-0.2, -0.15) is 9.78 Å². The number of rotatable bonds is 8. The van der Waals surface area contributed by atoms with Gasteiger partial charge in [0.2, 0.25) is 11.0 Å². The van der Waals surface area contributed by atoms with E-state index in [1.54, 1.807) is 30.3 Å². The van der Waals surface area contributed by atoms with Gasteiger partial charge < -0.3 is 9.15 Å². The highest BCUT2D eigenvalue weighted by atomic mass is 35.5. The molecule has 0 fully saturated rings. The van der Waals surface area contributed by atoms with Gasteiger partial charge in [0.1, 0.15) is 23.9 Å². The molecule has 0 spiro atoms. The van der Waals surface area contributed by atoms with Crippen LogP contribution in [0.25, 0.3) is 0 Å². The summed E-state index contributed by atoms with van der Waals surface area (Å²) in [5.74, 6) is 1.55. The van der Waals surface area contributed by atoms with Crippen LogP contribution in [0.15, 0.2) is 45.0 Å². The molecule has 11 heteroatoms. The Labute approximate surface area is 173 Å². The van der Waals surface area contributed by atoms with E-state index >= 15 is 0 Å². The van der Waals surface area contributed by atoms with Crippen LogP contribution in [0, 0.1) is 0 Å². The van der Waals surface area contributed by atoms with Crippen LogP contribution < -0.4 is 4.74 Å². The van der Waals surface area contributed by atoms with Crippen LogP contribution in [0.1, 0.15) is 30.7 Å². The van der Waals surface area contributed by atoms with Gasteiger partial charge in [0, 0.05) is 6.07 Å². The quantitative estimate of drug-likeness (QED) is 0.328. The van der Waals surface area contributed by atoms with Crippen LogP contribution in [0.3, 0.4) is 0 Å². The minimum Gasteiger partial charge on any atom is -0.486 e. The summed E-state index contributed by atoms with van der Waals surface area (Å²) < 4.78 is 38.3. The van der Waals surface area contributed by atoms with Gasteiger partial charge in [0.05, 0.1) is 16.3 Å². The molecule has 2 aromatic heterocycles. The maximum atomic E-state index is 13.1. The smallest absolute Gasteiger partial charge is 0.299 e. The van der Waals surface area contributed by atoms with E-state index in [1.807, 2.05) is 6.92 Å². The zero-order chi connectivity index (χ0) is 20.1. The molecular formula is C17H14Cl2F2N4O2S. The van der Waals surface area contributed by atoms with Crippen LogP contribution in [-0.4, -0.2) is 26.8 Å². The number of aromatic nitrogens is 3. The third-order valence-electron chi connectivity index (χ3n) is 3.36. The topological polar surface area (TPSA) is 65.4 Å². The highest BCUT2D eigenvalue weighted by Crippen LogP contribution is 2.27. The number of alkyl halides is 2. The van der Waals surface area contributed by atoms with E-state index in [2.05, 4.69) is 15.3 Å². The monoisotopic (exact) mass is 446 g/mol. The maximum Gasteiger partial charge on any atom is 0.299 e. The van der Waals surface area contributed by atoms with Crippen LogP contribution in [-0.2, 0) is 6.61 Å². The zero-order valence-corrected chi connectivity index (χ0v) is 16.8. The van der Waals surface area contributed by atoms with Crippen molar-refractivity contribution in [3.05, 3.63) is 57.7 Å². The molecule has 0 saturated carbocycles. The van der Waals surface area contributed by atoms with Crippen LogP contribution in [0.4, 0.5) is 8.78 Å². The van der Waals surface area contributed by atoms with Gasteiger partial charge in [-0.15, -0.1) is 10.2 Å². The van der Waals surface area contributed by atoms with E-state index in [0.29, 0.717) is 33.1 Å². The van der Waals surface area contributed by atoms with Gasteiger partial charge in [-0.05, 0) is 30.0 Å². The predicted octanol–water partition coefficient (Wildman–Crippen LogP) is 5.69. The lowest BCUT2D eigenvalue weighted by Gasteiger charge is -2.05. The van der Waals surface area contributed by atoms with Crippen molar-refractivity contribution < 1.29 is 17.9 Å². The molecule has 0 unspecified atom stereocenters.